The summed E-state index contributed by atoms with van der Waals surface area (Å²) in [5.74, 6) is 3.07. The molecule has 0 atom stereocenters. The Morgan fingerprint density at radius 1 is 1.25 bits per heavy atom. The van der Waals surface area contributed by atoms with Crippen molar-refractivity contribution in [2.45, 2.75) is 13.5 Å². The predicted molar refractivity (Wildman–Crippen MR) is 89.3 cm³/mol. The third kappa shape index (κ3) is 2.88. The van der Waals surface area contributed by atoms with Crippen molar-refractivity contribution in [1.82, 2.24) is 30.3 Å². The van der Waals surface area contributed by atoms with Crippen molar-refractivity contribution >= 4 is 17.2 Å². The monoisotopic (exact) mass is 339 g/mol. The molecular weight excluding hydrogens is 326 g/mol. The lowest BCUT2D eigenvalue weighted by Gasteiger charge is -2.06. The van der Waals surface area contributed by atoms with Gasteiger partial charge in [-0.25, -0.2) is 9.97 Å². The normalized spacial score (nSPS) is 10.9. The van der Waals surface area contributed by atoms with E-state index in [1.54, 1.807) is 24.5 Å². The van der Waals surface area contributed by atoms with Gasteiger partial charge in [-0.15, -0.1) is 11.3 Å². The molecular formula is C15H13N7OS. The van der Waals surface area contributed by atoms with Crippen molar-refractivity contribution in [1.29, 1.82) is 0 Å². The van der Waals surface area contributed by atoms with Gasteiger partial charge in [-0.3, -0.25) is 5.10 Å². The smallest absolute Gasteiger partial charge is 0.261 e. The summed E-state index contributed by atoms with van der Waals surface area (Å²) in [7, 11) is 0. The lowest BCUT2D eigenvalue weighted by atomic mass is 10.2. The highest BCUT2D eigenvalue weighted by atomic mass is 32.1. The average molecular weight is 339 g/mol. The minimum absolute atomic E-state index is 0.431. The third-order valence-corrected chi connectivity index (χ3v) is 4.13. The van der Waals surface area contributed by atoms with Gasteiger partial charge in [0.25, 0.3) is 5.89 Å². The lowest BCUT2D eigenvalue weighted by Crippen LogP contribution is -2.04. The molecule has 4 aromatic rings. The van der Waals surface area contributed by atoms with Gasteiger partial charge in [-0.05, 0) is 30.5 Å². The van der Waals surface area contributed by atoms with Gasteiger partial charge in [0.05, 0.1) is 17.0 Å². The maximum atomic E-state index is 5.22. The van der Waals surface area contributed by atoms with Crippen molar-refractivity contribution < 1.29 is 4.52 Å². The first-order chi connectivity index (χ1) is 11.8. The topological polar surface area (TPSA) is 105 Å². The van der Waals surface area contributed by atoms with E-state index in [1.807, 2.05) is 29.6 Å². The van der Waals surface area contributed by atoms with E-state index in [0.29, 0.717) is 29.9 Å². The van der Waals surface area contributed by atoms with E-state index < -0.39 is 0 Å². The van der Waals surface area contributed by atoms with Crippen LogP contribution in [-0.4, -0.2) is 30.3 Å². The van der Waals surface area contributed by atoms with Crippen LogP contribution in [0.15, 0.2) is 40.4 Å². The standard InChI is InChI=1S/C15H13N7OS/c1-9-18-15(23-22-9)10-4-2-6-16-13(10)17-8-12-19-14(21-20-12)11-5-3-7-24-11/h2-7H,8H2,1H3,(H,16,17)(H,19,20,21). The quantitative estimate of drug-likeness (QED) is 0.576. The minimum atomic E-state index is 0.431. The van der Waals surface area contributed by atoms with Crippen LogP contribution < -0.4 is 5.32 Å². The number of pyridine rings is 1. The molecule has 24 heavy (non-hydrogen) atoms. The molecule has 8 nitrogen and oxygen atoms in total. The van der Waals surface area contributed by atoms with E-state index in [2.05, 4.69) is 35.6 Å². The molecule has 0 aromatic carbocycles. The number of H-pyrrole nitrogens is 1. The number of nitrogens with one attached hydrogen (secondary N) is 2. The Kier molecular flexibility index (Phi) is 3.75. The Bertz CT molecular complexity index is 944. The summed E-state index contributed by atoms with van der Waals surface area (Å²) in [5, 5.41) is 16.2. The first-order valence-corrected chi connectivity index (χ1v) is 8.12. The summed E-state index contributed by atoms with van der Waals surface area (Å²) in [6, 6.07) is 7.66. The fourth-order valence-corrected chi connectivity index (χ4v) is 2.84. The van der Waals surface area contributed by atoms with E-state index in [4.69, 9.17) is 4.52 Å². The molecule has 0 spiro atoms. The van der Waals surface area contributed by atoms with Crippen LogP contribution in [0, 0.1) is 6.92 Å². The second-order valence-electron chi connectivity index (χ2n) is 4.98. The van der Waals surface area contributed by atoms with Gasteiger partial charge in [0, 0.05) is 6.20 Å². The van der Waals surface area contributed by atoms with Gasteiger partial charge >= 0.3 is 0 Å². The second kappa shape index (κ2) is 6.20. The van der Waals surface area contributed by atoms with Gasteiger partial charge in [-0.2, -0.15) is 10.1 Å². The fraction of sp³-hybridized carbons (Fsp3) is 0.133. The van der Waals surface area contributed by atoms with Gasteiger partial charge in [-0.1, -0.05) is 11.2 Å². The summed E-state index contributed by atoms with van der Waals surface area (Å²) in [6.07, 6.45) is 1.70. The van der Waals surface area contributed by atoms with Crippen molar-refractivity contribution in [2.24, 2.45) is 0 Å². The van der Waals surface area contributed by atoms with Crippen LogP contribution in [0.1, 0.15) is 11.6 Å². The zero-order valence-electron chi connectivity index (χ0n) is 12.7. The molecule has 4 heterocycles. The summed E-state index contributed by atoms with van der Waals surface area (Å²) in [4.78, 5) is 14.1. The van der Waals surface area contributed by atoms with Gasteiger partial charge < -0.3 is 9.84 Å². The fourth-order valence-electron chi connectivity index (χ4n) is 2.18. The Morgan fingerprint density at radius 2 is 2.21 bits per heavy atom. The number of hydrogen-bond acceptors (Lipinski definition) is 8. The van der Waals surface area contributed by atoms with Gasteiger partial charge in [0.15, 0.2) is 11.6 Å². The van der Waals surface area contributed by atoms with E-state index in [0.717, 1.165) is 16.3 Å². The van der Waals surface area contributed by atoms with Crippen molar-refractivity contribution in [3.05, 3.63) is 47.5 Å². The summed E-state index contributed by atoms with van der Waals surface area (Å²) < 4.78 is 5.22. The largest absolute Gasteiger partial charge is 0.362 e. The third-order valence-electron chi connectivity index (χ3n) is 3.26. The zero-order valence-corrected chi connectivity index (χ0v) is 13.5. The van der Waals surface area contributed by atoms with Crippen LogP contribution in [-0.2, 0) is 6.54 Å². The maximum Gasteiger partial charge on any atom is 0.261 e. The molecule has 0 amide bonds. The average Bonchev–Trinajstić information content (AvgIpc) is 3.34. The Balaban J connectivity index is 1.52. The molecule has 0 aliphatic carbocycles. The Morgan fingerprint density at radius 3 is 3.00 bits per heavy atom. The molecule has 0 saturated carbocycles. The summed E-state index contributed by atoms with van der Waals surface area (Å²) >= 11 is 1.60. The molecule has 120 valence electrons. The highest BCUT2D eigenvalue weighted by Crippen LogP contribution is 2.25. The first kappa shape index (κ1) is 14.5. The van der Waals surface area contributed by atoms with Crippen molar-refractivity contribution in [3.63, 3.8) is 0 Å². The van der Waals surface area contributed by atoms with E-state index in [1.165, 1.54) is 0 Å². The molecule has 0 saturated heterocycles. The van der Waals surface area contributed by atoms with Crippen LogP contribution in [0.4, 0.5) is 5.82 Å². The lowest BCUT2D eigenvalue weighted by molar-refractivity contribution is 0.425. The molecule has 0 bridgehead atoms. The molecule has 2 N–H and O–H groups in total. The number of anilines is 1. The van der Waals surface area contributed by atoms with E-state index in [9.17, 15) is 0 Å². The number of thiophene rings is 1. The molecule has 0 aliphatic rings. The van der Waals surface area contributed by atoms with Gasteiger partial charge in [0.2, 0.25) is 0 Å². The molecule has 4 rings (SSSR count). The molecule has 4 aromatic heterocycles. The number of aryl methyl sites for hydroxylation is 1. The molecule has 0 radical (unpaired) electrons. The molecule has 9 heteroatoms. The summed E-state index contributed by atoms with van der Waals surface area (Å²) in [6.45, 7) is 2.23. The van der Waals surface area contributed by atoms with Crippen molar-refractivity contribution in [2.75, 3.05) is 5.32 Å². The molecule has 0 fully saturated rings. The van der Waals surface area contributed by atoms with Crippen LogP contribution in [0.5, 0.6) is 0 Å². The maximum absolute atomic E-state index is 5.22. The summed E-state index contributed by atoms with van der Waals surface area (Å²) in [5.41, 5.74) is 0.746. The van der Waals surface area contributed by atoms with Crippen LogP contribution in [0.25, 0.3) is 22.2 Å². The SMILES string of the molecule is Cc1noc(-c2cccnc2NCc2nc(-c3cccs3)n[nH]2)n1. The number of aromatic nitrogens is 6. The molecule has 0 aliphatic heterocycles. The zero-order chi connectivity index (χ0) is 16.4. The van der Waals surface area contributed by atoms with Crippen LogP contribution >= 0.6 is 11.3 Å². The number of aromatic amines is 1. The second-order valence-corrected chi connectivity index (χ2v) is 5.93. The number of rotatable bonds is 5. The van der Waals surface area contributed by atoms with E-state index in [-0.39, 0.29) is 0 Å². The van der Waals surface area contributed by atoms with Gasteiger partial charge in [0.1, 0.15) is 11.6 Å². The molecule has 0 unspecified atom stereocenters. The highest BCUT2D eigenvalue weighted by molar-refractivity contribution is 7.13. The predicted octanol–water partition coefficient (Wildman–Crippen LogP) is 2.90. The number of nitrogens with zero attached hydrogens (tertiary/aromatic N) is 5. The number of hydrogen-bond donors (Lipinski definition) is 2. The van der Waals surface area contributed by atoms with Crippen molar-refractivity contribution in [3.8, 4) is 22.2 Å². The van der Waals surface area contributed by atoms with Crippen LogP contribution in [0.3, 0.4) is 0 Å². The first-order valence-electron chi connectivity index (χ1n) is 7.24. The van der Waals surface area contributed by atoms with Crippen LogP contribution in [0.2, 0.25) is 0 Å². The van der Waals surface area contributed by atoms with E-state index >= 15 is 0 Å². The highest BCUT2D eigenvalue weighted by Gasteiger charge is 2.13. The Hall–Kier alpha value is -3.07. The minimum Gasteiger partial charge on any atom is -0.362 e. The Labute approximate surface area is 141 Å².